The Morgan fingerprint density at radius 3 is 3.00 bits per heavy atom. The van der Waals surface area contributed by atoms with Crippen molar-refractivity contribution >= 4 is 45.8 Å². The Hall–Kier alpha value is -0.290. The van der Waals surface area contributed by atoms with E-state index in [1.165, 1.54) is 6.42 Å². The van der Waals surface area contributed by atoms with Crippen molar-refractivity contribution in [1.82, 2.24) is 10.2 Å². The Balaban J connectivity index is 0.00000147. The quantitative estimate of drug-likeness (QED) is 0.811. The zero-order valence-corrected chi connectivity index (χ0v) is 14.1. The van der Waals surface area contributed by atoms with E-state index < -0.39 is 0 Å². The van der Waals surface area contributed by atoms with Gasteiger partial charge < -0.3 is 10.2 Å². The maximum Gasteiger partial charge on any atom is 0.255 e. The average molecular weight is 380 g/mol. The molecule has 2 saturated heterocycles. The van der Waals surface area contributed by atoms with Crippen LogP contribution in [0.25, 0.3) is 0 Å². The van der Waals surface area contributed by atoms with Gasteiger partial charge in [0, 0.05) is 23.6 Å². The highest BCUT2D eigenvalue weighted by molar-refractivity contribution is 9.10. The number of likely N-dealkylation sites (tertiary alicyclic amines) is 1. The number of piperidine rings is 1. The molecule has 0 bridgehead atoms. The van der Waals surface area contributed by atoms with E-state index in [9.17, 15) is 4.79 Å². The van der Waals surface area contributed by atoms with Crippen LogP contribution in [-0.2, 0) is 0 Å². The van der Waals surface area contributed by atoms with Crippen LogP contribution in [0.4, 0.5) is 0 Å². The van der Waals surface area contributed by atoms with Gasteiger partial charge in [0.05, 0.1) is 10.6 Å². The minimum Gasteiger partial charge on any atom is -0.338 e. The molecular formula is C14H17BrCl2N2O. The topological polar surface area (TPSA) is 32.3 Å². The lowest BCUT2D eigenvalue weighted by atomic mass is 9.93. The zero-order valence-electron chi connectivity index (χ0n) is 10.9. The van der Waals surface area contributed by atoms with E-state index in [1.807, 2.05) is 17.0 Å². The van der Waals surface area contributed by atoms with E-state index in [0.29, 0.717) is 22.5 Å². The molecule has 2 unspecified atom stereocenters. The molecule has 2 aliphatic heterocycles. The van der Waals surface area contributed by atoms with Gasteiger partial charge >= 0.3 is 0 Å². The van der Waals surface area contributed by atoms with Crippen LogP contribution >= 0.6 is 39.9 Å². The molecule has 20 heavy (non-hydrogen) atoms. The van der Waals surface area contributed by atoms with Crippen LogP contribution in [0.3, 0.4) is 0 Å². The molecule has 2 heterocycles. The summed E-state index contributed by atoms with van der Waals surface area (Å²) < 4.78 is 0.887. The van der Waals surface area contributed by atoms with Gasteiger partial charge in [0.2, 0.25) is 0 Å². The second kappa shape index (κ2) is 6.65. The number of halogens is 3. The number of nitrogens with one attached hydrogen (secondary N) is 1. The van der Waals surface area contributed by atoms with Gasteiger partial charge in [-0.2, -0.15) is 0 Å². The van der Waals surface area contributed by atoms with Crippen LogP contribution < -0.4 is 5.32 Å². The number of carbonyl (C=O) groups excluding carboxylic acids is 1. The van der Waals surface area contributed by atoms with Gasteiger partial charge in [-0.1, -0.05) is 27.5 Å². The summed E-state index contributed by atoms with van der Waals surface area (Å²) in [6, 6.07) is 6.03. The number of fused-ring (bicyclic) bond motifs is 1. The van der Waals surface area contributed by atoms with E-state index in [0.717, 1.165) is 30.5 Å². The standard InChI is InChI=1S/C14H16BrClN2O.ClH/c15-10-1-2-12(16)11(7-10)14(19)18-6-4-13-9(8-18)3-5-17-13;/h1-2,7,9,13,17H,3-6,8H2;1H. The SMILES string of the molecule is Cl.O=C(c1cc(Br)ccc1Cl)N1CCC2NCCC2C1. The van der Waals surface area contributed by atoms with Crippen LogP contribution in [0, 0.1) is 5.92 Å². The summed E-state index contributed by atoms with van der Waals surface area (Å²) in [5, 5.41) is 4.03. The molecule has 0 radical (unpaired) electrons. The monoisotopic (exact) mass is 378 g/mol. The van der Waals surface area contributed by atoms with Crippen molar-refractivity contribution in [1.29, 1.82) is 0 Å². The summed E-state index contributed by atoms with van der Waals surface area (Å²) in [6.45, 7) is 2.74. The Morgan fingerprint density at radius 2 is 2.20 bits per heavy atom. The van der Waals surface area contributed by atoms with E-state index in [1.54, 1.807) is 6.07 Å². The predicted molar refractivity (Wildman–Crippen MR) is 86.8 cm³/mol. The van der Waals surface area contributed by atoms with Crippen LogP contribution in [0.15, 0.2) is 22.7 Å². The van der Waals surface area contributed by atoms with Crippen LogP contribution in [0.5, 0.6) is 0 Å². The Kier molecular flexibility index (Phi) is 5.35. The molecule has 2 aliphatic rings. The van der Waals surface area contributed by atoms with E-state index in [4.69, 9.17) is 11.6 Å². The average Bonchev–Trinajstić information content (AvgIpc) is 2.88. The number of carbonyl (C=O) groups is 1. The highest BCUT2D eigenvalue weighted by Crippen LogP contribution is 2.28. The second-order valence-corrected chi connectivity index (χ2v) is 6.60. The fourth-order valence-corrected chi connectivity index (χ4v) is 3.62. The summed E-state index contributed by atoms with van der Waals surface area (Å²) >= 11 is 9.54. The van der Waals surface area contributed by atoms with E-state index in [2.05, 4.69) is 21.2 Å². The minimum atomic E-state index is 0. The lowest BCUT2D eigenvalue weighted by molar-refractivity contribution is 0.0662. The third-order valence-corrected chi connectivity index (χ3v) is 4.92. The molecule has 6 heteroatoms. The number of hydrogen-bond acceptors (Lipinski definition) is 2. The summed E-state index contributed by atoms with van der Waals surface area (Å²) in [5.74, 6) is 0.653. The number of rotatable bonds is 1. The third-order valence-electron chi connectivity index (χ3n) is 4.10. The number of nitrogens with zero attached hydrogens (tertiary/aromatic N) is 1. The first-order chi connectivity index (χ1) is 9.15. The zero-order chi connectivity index (χ0) is 13.4. The van der Waals surface area contributed by atoms with E-state index in [-0.39, 0.29) is 18.3 Å². The van der Waals surface area contributed by atoms with Crippen molar-refractivity contribution in [3.8, 4) is 0 Å². The smallest absolute Gasteiger partial charge is 0.255 e. The number of benzene rings is 1. The van der Waals surface area contributed by atoms with Gasteiger partial charge in [-0.15, -0.1) is 12.4 Å². The van der Waals surface area contributed by atoms with Crippen LogP contribution in [0.1, 0.15) is 23.2 Å². The fraction of sp³-hybridized carbons (Fsp3) is 0.500. The van der Waals surface area contributed by atoms with Crippen molar-refractivity contribution in [3.05, 3.63) is 33.3 Å². The maximum atomic E-state index is 12.6. The molecule has 2 atom stereocenters. The van der Waals surface area contributed by atoms with E-state index >= 15 is 0 Å². The normalized spacial score (nSPS) is 25.0. The molecule has 3 nitrogen and oxygen atoms in total. The molecular weight excluding hydrogens is 363 g/mol. The van der Waals surface area contributed by atoms with Gasteiger partial charge in [-0.25, -0.2) is 0 Å². The van der Waals surface area contributed by atoms with Gasteiger partial charge in [-0.3, -0.25) is 4.79 Å². The molecule has 2 fully saturated rings. The highest BCUT2D eigenvalue weighted by Gasteiger charge is 2.34. The second-order valence-electron chi connectivity index (χ2n) is 5.27. The Bertz CT molecular complexity index is 512. The molecule has 1 N–H and O–H groups in total. The van der Waals surface area contributed by atoms with Crippen LogP contribution in [0.2, 0.25) is 5.02 Å². The molecule has 0 aromatic heterocycles. The van der Waals surface area contributed by atoms with Gasteiger partial charge in [0.15, 0.2) is 0 Å². The lowest BCUT2D eigenvalue weighted by Gasteiger charge is -2.35. The van der Waals surface area contributed by atoms with Crippen molar-refractivity contribution in [2.45, 2.75) is 18.9 Å². The number of amides is 1. The maximum absolute atomic E-state index is 12.6. The molecule has 1 amide bonds. The van der Waals surface area contributed by atoms with Crippen molar-refractivity contribution < 1.29 is 4.79 Å². The first-order valence-electron chi connectivity index (χ1n) is 6.63. The molecule has 1 aromatic carbocycles. The number of hydrogen-bond donors (Lipinski definition) is 1. The van der Waals surface area contributed by atoms with Crippen molar-refractivity contribution in [2.24, 2.45) is 5.92 Å². The largest absolute Gasteiger partial charge is 0.338 e. The highest BCUT2D eigenvalue weighted by atomic mass is 79.9. The van der Waals surface area contributed by atoms with Crippen molar-refractivity contribution in [2.75, 3.05) is 19.6 Å². The van der Waals surface area contributed by atoms with Gasteiger partial charge in [-0.05, 0) is 43.5 Å². The summed E-state index contributed by atoms with van der Waals surface area (Å²) in [6.07, 6.45) is 2.21. The lowest BCUT2D eigenvalue weighted by Crippen LogP contribution is -2.46. The summed E-state index contributed by atoms with van der Waals surface area (Å²) in [4.78, 5) is 14.5. The predicted octanol–water partition coefficient (Wildman–Crippen LogP) is 3.35. The fourth-order valence-electron chi connectivity index (χ4n) is 3.06. The molecule has 110 valence electrons. The molecule has 0 spiro atoms. The Labute approximate surface area is 138 Å². The third kappa shape index (κ3) is 3.14. The van der Waals surface area contributed by atoms with Crippen LogP contribution in [-0.4, -0.2) is 36.5 Å². The minimum absolute atomic E-state index is 0. The molecule has 0 saturated carbocycles. The summed E-state index contributed by atoms with van der Waals surface area (Å²) in [5.41, 5.74) is 0.598. The first kappa shape index (κ1) is 16.1. The van der Waals surface area contributed by atoms with Gasteiger partial charge in [0.25, 0.3) is 5.91 Å². The van der Waals surface area contributed by atoms with Crippen molar-refractivity contribution in [3.63, 3.8) is 0 Å². The first-order valence-corrected chi connectivity index (χ1v) is 7.80. The molecule has 0 aliphatic carbocycles. The Morgan fingerprint density at radius 1 is 1.40 bits per heavy atom. The molecule has 3 rings (SSSR count). The summed E-state index contributed by atoms with van der Waals surface area (Å²) in [7, 11) is 0. The van der Waals surface area contributed by atoms with Gasteiger partial charge in [0.1, 0.15) is 0 Å². The molecule has 1 aromatic rings.